The molecule has 5 nitrogen and oxygen atoms in total. The Bertz CT molecular complexity index is 262. The number of hydrogen-bond acceptors (Lipinski definition) is 3. The largest absolute Gasteiger partial charge is 0.325 e. The third-order valence-electron chi connectivity index (χ3n) is 2.21. The Kier molecular flexibility index (Phi) is 2.38. The molecule has 0 radical (unpaired) electrons. The summed E-state index contributed by atoms with van der Waals surface area (Å²) in [6.45, 7) is 5.20. The van der Waals surface area contributed by atoms with Gasteiger partial charge in [0, 0.05) is 6.04 Å². The van der Waals surface area contributed by atoms with Gasteiger partial charge in [0.15, 0.2) is 0 Å². The number of nitrogens with two attached hydrogens (primary N) is 1. The van der Waals surface area contributed by atoms with Crippen LogP contribution in [0.15, 0.2) is 12.7 Å². The zero-order chi connectivity index (χ0) is 10.1. The fourth-order valence-electron chi connectivity index (χ4n) is 1.38. The van der Waals surface area contributed by atoms with Gasteiger partial charge in [-0.05, 0) is 13.3 Å². The van der Waals surface area contributed by atoms with Crippen LogP contribution in [0.25, 0.3) is 0 Å². The van der Waals surface area contributed by atoms with Gasteiger partial charge in [-0.25, -0.2) is 4.79 Å². The molecule has 1 aliphatic heterocycles. The third-order valence-corrected chi connectivity index (χ3v) is 2.21. The van der Waals surface area contributed by atoms with Gasteiger partial charge >= 0.3 is 6.03 Å². The molecule has 1 fully saturated rings. The van der Waals surface area contributed by atoms with Crippen molar-refractivity contribution < 1.29 is 9.59 Å². The molecule has 13 heavy (non-hydrogen) atoms. The molecule has 2 unspecified atom stereocenters. The van der Waals surface area contributed by atoms with Gasteiger partial charge in [-0.15, -0.1) is 6.58 Å². The predicted octanol–water partition coefficient (Wildman–Crippen LogP) is -0.512. The van der Waals surface area contributed by atoms with Gasteiger partial charge in [-0.2, -0.15) is 0 Å². The maximum atomic E-state index is 11.4. The first kappa shape index (κ1) is 9.73. The molecule has 1 saturated heterocycles. The lowest BCUT2D eigenvalue weighted by Gasteiger charge is -2.28. The molecule has 0 aromatic rings. The predicted molar refractivity (Wildman–Crippen MR) is 47.9 cm³/mol. The SMILES string of the molecule is C=CCC1(C(C)N)NC(=O)NC1=O. The van der Waals surface area contributed by atoms with Crippen molar-refractivity contribution in [2.45, 2.75) is 24.9 Å². The summed E-state index contributed by atoms with van der Waals surface area (Å²) in [5.74, 6) is -0.382. The molecule has 0 spiro atoms. The van der Waals surface area contributed by atoms with Crippen molar-refractivity contribution in [1.82, 2.24) is 10.6 Å². The van der Waals surface area contributed by atoms with Crippen LogP contribution >= 0.6 is 0 Å². The van der Waals surface area contributed by atoms with E-state index in [1.165, 1.54) is 0 Å². The lowest BCUT2D eigenvalue weighted by atomic mass is 9.88. The standard InChI is InChI=1S/C8H13N3O2/c1-3-4-8(5(2)9)6(12)10-7(13)11-8/h3,5H,1,4,9H2,2H3,(H2,10,11,12,13). The van der Waals surface area contributed by atoms with Gasteiger partial charge in [-0.1, -0.05) is 6.08 Å². The first-order valence-corrected chi connectivity index (χ1v) is 4.03. The summed E-state index contributed by atoms with van der Waals surface area (Å²) >= 11 is 0. The Morgan fingerprint density at radius 3 is 2.62 bits per heavy atom. The highest BCUT2D eigenvalue weighted by Gasteiger charge is 2.47. The van der Waals surface area contributed by atoms with Crippen molar-refractivity contribution in [2.75, 3.05) is 0 Å². The summed E-state index contributed by atoms with van der Waals surface area (Å²) < 4.78 is 0. The van der Waals surface area contributed by atoms with Crippen LogP contribution < -0.4 is 16.4 Å². The van der Waals surface area contributed by atoms with Crippen molar-refractivity contribution in [2.24, 2.45) is 5.73 Å². The average molecular weight is 183 g/mol. The zero-order valence-electron chi connectivity index (χ0n) is 7.46. The van der Waals surface area contributed by atoms with E-state index in [0.717, 1.165) is 0 Å². The number of amides is 3. The smallest absolute Gasteiger partial charge is 0.322 e. The van der Waals surface area contributed by atoms with Gasteiger partial charge in [0.05, 0.1) is 0 Å². The van der Waals surface area contributed by atoms with Gasteiger partial charge in [0.1, 0.15) is 5.54 Å². The summed E-state index contributed by atoms with van der Waals surface area (Å²) in [5.41, 5.74) is 4.63. The number of rotatable bonds is 3. The van der Waals surface area contributed by atoms with E-state index in [0.29, 0.717) is 6.42 Å². The summed E-state index contributed by atoms with van der Waals surface area (Å²) in [5, 5.41) is 4.68. The van der Waals surface area contributed by atoms with Crippen LogP contribution in [-0.4, -0.2) is 23.5 Å². The number of hydrogen-bond donors (Lipinski definition) is 3. The normalized spacial score (nSPS) is 29.4. The van der Waals surface area contributed by atoms with E-state index in [1.807, 2.05) is 0 Å². The van der Waals surface area contributed by atoms with Crippen LogP contribution in [-0.2, 0) is 4.79 Å². The van der Waals surface area contributed by atoms with Crippen molar-refractivity contribution in [1.29, 1.82) is 0 Å². The molecular weight excluding hydrogens is 170 g/mol. The van der Waals surface area contributed by atoms with Gasteiger partial charge in [0.2, 0.25) is 0 Å². The number of carbonyl (C=O) groups excluding carboxylic acids is 2. The second-order valence-electron chi connectivity index (χ2n) is 3.16. The Morgan fingerprint density at radius 1 is 1.69 bits per heavy atom. The molecule has 0 aromatic heterocycles. The summed E-state index contributed by atoms with van der Waals surface area (Å²) in [6.07, 6.45) is 1.90. The Morgan fingerprint density at radius 2 is 2.31 bits per heavy atom. The molecule has 1 rings (SSSR count). The number of urea groups is 1. The molecule has 2 atom stereocenters. The van der Waals surface area contributed by atoms with Gasteiger partial charge < -0.3 is 11.1 Å². The second kappa shape index (κ2) is 3.18. The molecule has 5 heteroatoms. The van der Waals surface area contributed by atoms with E-state index >= 15 is 0 Å². The number of imide groups is 1. The third kappa shape index (κ3) is 1.42. The quantitative estimate of drug-likeness (QED) is 0.407. The van der Waals surface area contributed by atoms with Crippen LogP contribution in [0.4, 0.5) is 4.79 Å². The Balaban J connectivity index is 2.96. The molecule has 1 aliphatic rings. The first-order chi connectivity index (χ1) is 6.03. The van der Waals surface area contributed by atoms with Gasteiger partial charge in [0.25, 0.3) is 5.91 Å². The van der Waals surface area contributed by atoms with Crippen molar-refractivity contribution in [3.63, 3.8) is 0 Å². The van der Waals surface area contributed by atoms with Crippen LogP contribution in [0.3, 0.4) is 0 Å². The molecule has 4 N–H and O–H groups in total. The lowest BCUT2D eigenvalue weighted by Crippen LogP contribution is -2.58. The maximum absolute atomic E-state index is 11.4. The summed E-state index contributed by atoms with van der Waals surface area (Å²) in [4.78, 5) is 22.3. The van der Waals surface area contributed by atoms with E-state index in [4.69, 9.17) is 5.73 Å². The highest BCUT2D eigenvalue weighted by atomic mass is 16.2. The Labute approximate surface area is 76.4 Å². The molecule has 0 aliphatic carbocycles. The van der Waals surface area contributed by atoms with Crippen molar-refractivity contribution in [3.8, 4) is 0 Å². The highest BCUT2D eigenvalue weighted by molar-refractivity contribution is 6.07. The minimum Gasteiger partial charge on any atom is -0.325 e. The van der Waals surface area contributed by atoms with Crippen LogP contribution in [0.2, 0.25) is 0 Å². The van der Waals surface area contributed by atoms with E-state index in [9.17, 15) is 9.59 Å². The Hall–Kier alpha value is -1.36. The first-order valence-electron chi connectivity index (χ1n) is 4.03. The summed E-state index contributed by atoms with van der Waals surface area (Å²) in [6, 6.07) is -0.943. The maximum Gasteiger partial charge on any atom is 0.322 e. The van der Waals surface area contributed by atoms with Gasteiger partial charge in [-0.3, -0.25) is 10.1 Å². The monoisotopic (exact) mass is 183 g/mol. The molecule has 72 valence electrons. The molecular formula is C8H13N3O2. The van der Waals surface area contributed by atoms with E-state index in [2.05, 4.69) is 17.2 Å². The molecule has 0 saturated carbocycles. The average Bonchev–Trinajstić information content (AvgIpc) is 2.28. The second-order valence-corrected chi connectivity index (χ2v) is 3.16. The molecule has 3 amide bonds. The van der Waals surface area contributed by atoms with E-state index in [-0.39, 0.29) is 5.91 Å². The molecule has 0 bridgehead atoms. The van der Waals surface area contributed by atoms with Crippen LogP contribution in [0, 0.1) is 0 Å². The zero-order valence-corrected chi connectivity index (χ0v) is 7.46. The number of nitrogens with one attached hydrogen (secondary N) is 2. The topological polar surface area (TPSA) is 84.2 Å². The fourth-order valence-corrected chi connectivity index (χ4v) is 1.38. The van der Waals surface area contributed by atoms with E-state index in [1.54, 1.807) is 13.0 Å². The minimum atomic E-state index is -1.02. The number of carbonyl (C=O) groups is 2. The van der Waals surface area contributed by atoms with Crippen molar-refractivity contribution in [3.05, 3.63) is 12.7 Å². The molecule has 1 heterocycles. The molecule has 0 aromatic carbocycles. The van der Waals surface area contributed by atoms with Crippen LogP contribution in [0.1, 0.15) is 13.3 Å². The van der Waals surface area contributed by atoms with E-state index < -0.39 is 17.6 Å². The van der Waals surface area contributed by atoms with Crippen molar-refractivity contribution >= 4 is 11.9 Å². The summed E-state index contributed by atoms with van der Waals surface area (Å²) in [7, 11) is 0. The minimum absolute atomic E-state index is 0.336. The fraction of sp³-hybridized carbons (Fsp3) is 0.500. The highest BCUT2D eigenvalue weighted by Crippen LogP contribution is 2.19. The van der Waals surface area contributed by atoms with Crippen LogP contribution in [0.5, 0.6) is 0 Å². The lowest BCUT2D eigenvalue weighted by molar-refractivity contribution is -0.124.